The summed E-state index contributed by atoms with van der Waals surface area (Å²) in [7, 11) is 0. The van der Waals surface area contributed by atoms with E-state index in [1.807, 2.05) is 6.92 Å². The van der Waals surface area contributed by atoms with Gasteiger partial charge in [-0.05, 0) is 19.3 Å². The van der Waals surface area contributed by atoms with Crippen LogP contribution in [-0.2, 0) is 0 Å². The Morgan fingerprint density at radius 1 is 1.29 bits per heavy atom. The van der Waals surface area contributed by atoms with E-state index in [-0.39, 0.29) is 17.8 Å². The number of nitrogens with one attached hydrogen (secondary N) is 2. The van der Waals surface area contributed by atoms with Gasteiger partial charge in [0.15, 0.2) is 11.6 Å². The van der Waals surface area contributed by atoms with Gasteiger partial charge >= 0.3 is 0 Å². The van der Waals surface area contributed by atoms with Gasteiger partial charge in [0.25, 0.3) is 0 Å². The quantitative estimate of drug-likeness (QED) is 0.722. The maximum absolute atomic E-state index is 13.8. The number of rotatable bonds is 7. The molecule has 1 saturated carbocycles. The second-order valence-corrected chi connectivity index (χ2v) is 5.89. The van der Waals surface area contributed by atoms with Crippen LogP contribution >= 0.6 is 0 Å². The molecule has 1 fully saturated rings. The molecule has 0 spiro atoms. The third-order valence-electron chi connectivity index (χ3n) is 4.16. The second kappa shape index (κ2) is 7.54. The number of aliphatic hydroxyl groups is 1. The standard InChI is InChI=1S/C15H25FN4O/c1-2-8-17-14-18-9-12(16)13(20-14)19-10-15(11-21)6-4-3-5-7-15/h9,21H,2-8,10-11H2,1H3,(H2,17,18,19,20). The van der Waals surface area contributed by atoms with Crippen molar-refractivity contribution in [3.05, 3.63) is 12.0 Å². The third-order valence-corrected chi connectivity index (χ3v) is 4.16. The molecule has 0 amide bonds. The van der Waals surface area contributed by atoms with Gasteiger partial charge < -0.3 is 15.7 Å². The van der Waals surface area contributed by atoms with E-state index < -0.39 is 5.82 Å². The van der Waals surface area contributed by atoms with E-state index in [1.165, 1.54) is 12.6 Å². The average molecular weight is 296 g/mol. The van der Waals surface area contributed by atoms with Crippen LogP contribution in [0.1, 0.15) is 45.4 Å². The Balaban J connectivity index is 2.00. The van der Waals surface area contributed by atoms with Crippen LogP contribution in [-0.4, -0.2) is 34.8 Å². The lowest BCUT2D eigenvalue weighted by atomic mass is 9.74. The van der Waals surface area contributed by atoms with Crippen molar-refractivity contribution in [3.63, 3.8) is 0 Å². The highest BCUT2D eigenvalue weighted by atomic mass is 19.1. The van der Waals surface area contributed by atoms with Gasteiger partial charge in [0.1, 0.15) is 0 Å². The lowest BCUT2D eigenvalue weighted by molar-refractivity contribution is 0.0942. The predicted octanol–water partition coefficient (Wildman–Crippen LogP) is 2.79. The fourth-order valence-corrected chi connectivity index (χ4v) is 2.78. The van der Waals surface area contributed by atoms with Crippen LogP contribution in [0.4, 0.5) is 16.2 Å². The van der Waals surface area contributed by atoms with E-state index >= 15 is 0 Å². The van der Waals surface area contributed by atoms with Crippen LogP contribution in [0, 0.1) is 11.2 Å². The van der Waals surface area contributed by atoms with Crippen LogP contribution < -0.4 is 10.6 Å². The molecular weight excluding hydrogens is 271 g/mol. The Hall–Kier alpha value is -1.43. The number of hydrogen-bond acceptors (Lipinski definition) is 5. The van der Waals surface area contributed by atoms with Crippen molar-refractivity contribution in [2.45, 2.75) is 45.4 Å². The van der Waals surface area contributed by atoms with Gasteiger partial charge in [-0.2, -0.15) is 4.98 Å². The van der Waals surface area contributed by atoms with E-state index in [9.17, 15) is 9.50 Å². The number of hydrogen-bond donors (Lipinski definition) is 3. The molecule has 6 heteroatoms. The van der Waals surface area contributed by atoms with Crippen molar-refractivity contribution in [3.8, 4) is 0 Å². The summed E-state index contributed by atoms with van der Waals surface area (Å²) in [5, 5.41) is 15.8. The predicted molar refractivity (Wildman–Crippen MR) is 81.9 cm³/mol. The van der Waals surface area contributed by atoms with Crippen molar-refractivity contribution in [2.24, 2.45) is 5.41 Å². The maximum Gasteiger partial charge on any atom is 0.224 e. The zero-order valence-electron chi connectivity index (χ0n) is 12.7. The van der Waals surface area contributed by atoms with Gasteiger partial charge in [0, 0.05) is 18.5 Å². The molecule has 1 aliphatic carbocycles. The smallest absolute Gasteiger partial charge is 0.224 e. The van der Waals surface area contributed by atoms with E-state index in [0.717, 1.165) is 38.6 Å². The van der Waals surface area contributed by atoms with Crippen LogP contribution in [0.5, 0.6) is 0 Å². The number of aromatic nitrogens is 2. The Morgan fingerprint density at radius 3 is 2.71 bits per heavy atom. The number of nitrogens with zero attached hydrogens (tertiary/aromatic N) is 2. The molecule has 21 heavy (non-hydrogen) atoms. The molecule has 0 unspecified atom stereocenters. The molecule has 1 aromatic heterocycles. The summed E-state index contributed by atoms with van der Waals surface area (Å²) in [6.45, 7) is 3.48. The average Bonchev–Trinajstić information content (AvgIpc) is 2.53. The van der Waals surface area contributed by atoms with Crippen LogP contribution in [0.2, 0.25) is 0 Å². The fraction of sp³-hybridized carbons (Fsp3) is 0.733. The minimum atomic E-state index is -0.457. The SMILES string of the molecule is CCCNc1ncc(F)c(NCC2(CO)CCCCC2)n1. The molecule has 0 atom stereocenters. The molecular formula is C15H25FN4O. The van der Waals surface area contributed by atoms with Gasteiger partial charge in [-0.1, -0.05) is 26.2 Å². The molecule has 1 heterocycles. The first-order chi connectivity index (χ1) is 10.2. The Morgan fingerprint density at radius 2 is 2.05 bits per heavy atom. The first-order valence-electron chi connectivity index (χ1n) is 7.80. The Kier molecular flexibility index (Phi) is 5.73. The van der Waals surface area contributed by atoms with E-state index in [4.69, 9.17) is 0 Å². The number of anilines is 2. The molecule has 5 nitrogen and oxygen atoms in total. The van der Waals surface area contributed by atoms with Gasteiger partial charge in [0.2, 0.25) is 5.95 Å². The summed E-state index contributed by atoms with van der Waals surface area (Å²) in [4.78, 5) is 8.09. The molecule has 0 bridgehead atoms. The molecule has 0 radical (unpaired) electrons. The first-order valence-corrected chi connectivity index (χ1v) is 7.80. The Bertz CT molecular complexity index is 449. The van der Waals surface area contributed by atoms with Gasteiger partial charge in [-0.15, -0.1) is 0 Å². The minimum Gasteiger partial charge on any atom is -0.396 e. The highest BCUT2D eigenvalue weighted by Crippen LogP contribution is 2.36. The van der Waals surface area contributed by atoms with Gasteiger partial charge in [-0.3, -0.25) is 0 Å². The molecule has 0 aromatic carbocycles. The molecule has 118 valence electrons. The summed E-state index contributed by atoms with van der Waals surface area (Å²) < 4.78 is 13.8. The number of halogens is 1. The molecule has 0 saturated heterocycles. The van der Waals surface area contributed by atoms with Gasteiger partial charge in [0.05, 0.1) is 12.8 Å². The molecule has 1 aliphatic rings. The molecule has 0 aliphatic heterocycles. The maximum atomic E-state index is 13.8. The van der Waals surface area contributed by atoms with Crippen LogP contribution in [0.25, 0.3) is 0 Å². The highest BCUT2D eigenvalue weighted by Gasteiger charge is 2.31. The van der Waals surface area contributed by atoms with Crippen molar-refractivity contribution in [2.75, 3.05) is 30.3 Å². The summed E-state index contributed by atoms with van der Waals surface area (Å²) in [6.07, 6.45) is 7.55. The minimum absolute atomic E-state index is 0.133. The summed E-state index contributed by atoms with van der Waals surface area (Å²) in [5.41, 5.74) is -0.146. The zero-order chi connectivity index (χ0) is 15.1. The van der Waals surface area contributed by atoms with Crippen molar-refractivity contribution < 1.29 is 9.50 Å². The normalized spacial score (nSPS) is 17.5. The van der Waals surface area contributed by atoms with Crippen molar-refractivity contribution >= 4 is 11.8 Å². The monoisotopic (exact) mass is 296 g/mol. The van der Waals surface area contributed by atoms with E-state index in [1.54, 1.807) is 0 Å². The lowest BCUT2D eigenvalue weighted by Gasteiger charge is -2.35. The first kappa shape index (κ1) is 15.9. The van der Waals surface area contributed by atoms with Gasteiger partial charge in [-0.25, -0.2) is 9.37 Å². The topological polar surface area (TPSA) is 70.1 Å². The van der Waals surface area contributed by atoms with Crippen molar-refractivity contribution in [1.82, 2.24) is 9.97 Å². The van der Waals surface area contributed by atoms with Crippen LogP contribution in [0.15, 0.2) is 6.20 Å². The summed E-state index contributed by atoms with van der Waals surface area (Å²) in [6, 6.07) is 0. The Labute approximate surface area is 125 Å². The van der Waals surface area contributed by atoms with E-state index in [2.05, 4.69) is 20.6 Å². The largest absolute Gasteiger partial charge is 0.396 e. The third kappa shape index (κ3) is 4.27. The second-order valence-electron chi connectivity index (χ2n) is 5.89. The summed E-state index contributed by atoms with van der Waals surface area (Å²) >= 11 is 0. The molecule has 1 aromatic rings. The fourth-order valence-electron chi connectivity index (χ4n) is 2.78. The van der Waals surface area contributed by atoms with E-state index in [0.29, 0.717) is 12.5 Å². The molecule has 2 rings (SSSR count). The molecule has 3 N–H and O–H groups in total. The zero-order valence-corrected chi connectivity index (χ0v) is 12.7. The highest BCUT2D eigenvalue weighted by molar-refractivity contribution is 5.41. The van der Waals surface area contributed by atoms with Crippen LogP contribution in [0.3, 0.4) is 0 Å². The lowest BCUT2D eigenvalue weighted by Crippen LogP contribution is -2.36. The van der Waals surface area contributed by atoms with Crippen molar-refractivity contribution in [1.29, 1.82) is 0 Å². The number of aliphatic hydroxyl groups excluding tert-OH is 1. The summed E-state index contributed by atoms with van der Waals surface area (Å²) in [5.74, 6) is 0.186.